The van der Waals surface area contributed by atoms with E-state index in [1.165, 1.54) is 0 Å². The highest BCUT2D eigenvalue weighted by Gasteiger charge is 2.06. The monoisotopic (exact) mass is 245 g/mol. The Morgan fingerprint density at radius 1 is 1.38 bits per heavy atom. The molecule has 1 unspecified atom stereocenters. The second-order valence-electron chi connectivity index (χ2n) is 2.55. The molecule has 0 saturated carbocycles. The lowest BCUT2D eigenvalue weighted by atomic mass is 10.2. The van der Waals surface area contributed by atoms with Gasteiger partial charge in [0.1, 0.15) is 12.0 Å². The molecule has 0 aliphatic carbocycles. The molecule has 1 rings (SSSR count). The van der Waals surface area contributed by atoms with Gasteiger partial charge < -0.3 is 15.2 Å². The van der Waals surface area contributed by atoms with Crippen LogP contribution < -0.4 is 10.5 Å². The normalized spacial score (nSPS) is 12.6. The first-order valence-corrected chi connectivity index (χ1v) is 4.60. The van der Waals surface area contributed by atoms with Crippen LogP contribution in [0.15, 0.2) is 22.7 Å². The summed E-state index contributed by atoms with van der Waals surface area (Å²) in [6.45, 7) is 0. The van der Waals surface area contributed by atoms with Crippen LogP contribution in [0, 0.1) is 0 Å². The molecule has 0 amide bonds. The smallest absolute Gasteiger partial charge is 0.133 e. The summed E-state index contributed by atoms with van der Waals surface area (Å²) in [6.07, 6.45) is -0.387. The number of rotatable bonds is 3. The summed E-state index contributed by atoms with van der Waals surface area (Å²) in [5.74, 6) is 0.784. The maximum atomic E-state index is 5.67. The number of benzene rings is 1. The van der Waals surface area contributed by atoms with Crippen LogP contribution in [-0.2, 0) is 4.74 Å². The molecule has 3 nitrogen and oxygen atoms in total. The minimum absolute atomic E-state index is 0.387. The Kier molecular flexibility index (Phi) is 3.71. The molecule has 0 aromatic heterocycles. The summed E-state index contributed by atoms with van der Waals surface area (Å²) in [7, 11) is 3.19. The zero-order valence-corrected chi connectivity index (χ0v) is 9.17. The van der Waals surface area contributed by atoms with E-state index in [2.05, 4.69) is 15.9 Å². The van der Waals surface area contributed by atoms with E-state index in [9.17, 15) is 0 Å². The van der Waals surface area contributed by atoms with Crippen molar-refractivity contribution in [3.8, 4) is 5.75 Å². The Morgan fingerprint density at radius 3 is 2.54 bits per heavy atom. The summed E-state index contributed by atoms with van der Waals surface area (Å²) in [4.78, 5) is 0. The Balaban J connectivity index is 2.95. The highest BCUT2D eigenvalue weighted by atomic mass is 79.9. The molecule has 1 aromatic carbocycles. The first kappa shape index (κ1) is 10.5. The lowest BCUT2D eigenvalue weighted by Gasteiger charge is -2.11. The quantitative estimate of drug-likeness (QED) is 0.830. The van der Waals surface area contributed by atoms with Gasteiger partial charge in [0.05, 0.1) is 11.6 Å². The van der Waals surface area contributed by atoms with Gasteiger partial charge in [-0.1, -0.05) is 6.07 Å². The molecule has 4 heteroatoms. The Labute approximate surface area is 86.0 Å². The van der Waals surface area contributed by atoms with Crippen LogP contribution in [0.1, 0.15) is 11.8 Å². The second-order valence-corrected chi connectivity index (χ2v) is 3.40. The topological polar surface area (TPSA) is 44.5 Å². The zero-order chi connectivity index (χ0) is 9.84. The van der Waals surface area contributed by atoms with E-state index in [0.717, 1.165) is 15.8 Å². The second kappa shape index (κ2) is 4.60. The van der Waals surface area contributed by atoms with E-state index in [4.69, 9.17) is 15.2 Å². The number of ether oxygens (including phenoxy) is 2. The molecule has 72 valence electrons. The van der Waals surface area contributed by atoms with Crippen molar-refractivity contribution in [1.29, 1.82) is 0 Å². The van der Waals surface area contributed by atoms with Gasteiger partial charge in [0.25, 0.3) is 0 Å². The van der Waals surface area contributed by atoms with Crippen LogP contribution in [0.2, 0.25) is 0 Å². The molecule has 0 aliphatic rings. The van der Waals surface area contributed by atoms with Gasteiger partial charge in [-0.3, -0.25) is 0 Å². The number of hydrogen-bond donors (Lipinski definition) is 1. The Morgan fingerprint density at radius 2 is 2.08 bits per heavy atom. The van der Waals surface area contributed by atoms with E-state index in [0.29, 0.717) is 0 Å². The zero-order valence-electron chi connectivity index (χ0n) is 7.58. The summed E-state index contributed by atoms with van der Waals surface area (Å²) in [5, 5.41) is 0. The standard InChI is InChI=1S/C9H12BrNO2/c1-12-8-4-3-6(5-7(8)10)9(11)13-2/h3-5,9H,11H2,1-2H3. The number of halogens is 1. The van der Waals surface area contributed by atoms with Crippen molar-refractivity contribution >= 4 is 15.9 Å². The van der Waals surface area contributed by atoms with E-state index < -0.39 is 0 Å². The molecule has 0 bridgehead atoms. The van der Waals surface area contributed by atoms with Crippen LogP contribution in [0.4, 0.5) is 0 Å². The van der Waals surface area contributed by atoms with Gasteiger partial charge in [0.2, 0.25) is 0 Å². The molecular weight excluding hydrogens is 234 g/mol. The fourth-order valence-electron chi connectivity index (χ4n) is 0.996. The van der Waals surface area contributed by atoms with Gasteiger partial charge in [-0.05, 0) is 33.6 Å². The van der Waals surface area contributed by atoms with E-state index in [1.807, 2.05) is 18.2 Å². The van der Waals surface area contributed by atoms with Crippen LogP contribution in [0.5, 0.6) is 5.75 Å². The van der Waals surface area contributed by atoms with E-state index in [1.54, 1.807) is 14.2 Å². The van der Waals surface area contributed by atoms with Gasteiger partial charge >= 0.3 is 0 Å². The predicted molar refractivity (Wildman–Crippen MR) is 54.6 cm³/mol. The molecule has 2 N–H and O–H groups in total. The molecule has 0 fully saturated rings. The Bertz CT molecular complexity index is 291. The fourth-order valence-corrected chi connectivity index (χ4v) is 1.55. The third-order valence-corrected chi connectivity index (χ3v) is 2.38. The number of hydrogen-bond acceptors (Lipinski definition) is 3. The van der Waals surface area contributed by atoms with Crippen molar-refractivity contribution in [2.24, 2.45) is 5.73 Å². The Hall–Kier alpha value is -0.580. The molecule has 0 spiro atoms. The van der Waals surface area contributed by atoms with Crippen molar-refractivity contribution in [1.82, 2.24) is 0 Å². The molecule has 1 aromatic rings. The predicted octanol–water partition coefficient (Wildman–Crippen LogP) is 2.06. The summed E-state index contributed by atoms with van der Waals surface area (Å²) < 4.78 is 10.9. The maximum absolute atomic E-state index is 5.67. The van der Waals surface area contributed by atoms with Crippen molar-refractivity contribution in [2.75, 3.05) is 14.2 Å². The molecule has 0 radical (unpaired) electrons. The van der Waals surface area contributed by atoms with Gasteiger partial charge in [-0.2, -0.15) is 0 Å². The van der Waals surface area contributed by atoms with Crippen molar-refractivity contribution in [3.05, 3.63) is 28.2 Å². The SMILES string of the molecule is COc1ccc(C(N)OC)cc1Br. The molecule has 0 aliphatic heterocycles. The summed E-state index contributed by atoms with van der Waals surface area (Å²) in [6, 6.07) is 5.60. The highest BCUT2D eigenvalue weighted by molar-refractivity contribution is 9.10. The van der Waals surface area contributed by atoms with Crippen molar-refractivity contribution in [3.63, 3.8) is 0 Å². The van der Waals surface area contributed by atoms with Crippen LogP contribution in [0.25, 0.3) is 0 Å². The maximum Gasteiger partial charge on any atom is 0.133 e. The average molecular weight is 246 g/mol. The fraction of sp³-hybridized carbons (Fsp3) is 0.333. The first-order valence-electron chi connectivity index (χ1n) is 3.81. The summed E-state index contributed by atoms with van der Waals surface area (Å²) in [5.41, 5.74) is 6.58. The third-order valence-electron chi connectivity index (χ3n) is 1.76. The summed E-state index contributed by atoms with van der Waals surface area (Å²) >= 11 is 3.37. The van der Waals surface area contributed by atoms with Crippen LogP contribution >= 0.6 is 15.9 Å². The largest absolute Gasteiger partial charge is 0.496 e. The number of methoxy groups -OCH3 is 2. The first-order chi connectivity index (χ1) is 6.19. The third kappa shape index (κ3) is 2.43. The molecule has 1 atom stereocenters. The molecule has 0 saturated heterocycles. The van der Waals surface area contributed by atoms with Crippen molar-refractivity contribution in [2.45, 2.75) is 6.23 Å². The minimum atomic E-state index is -0.387. The van der Waals surface area contributed by atoms with Gasteiger partial charge in [0.15, 0.2) is 0 Å². The van der Waals surface area contributed by atoms with E-state index in [-0.39, 0.29) is 6.23 Å². The lowest BCUT2D eigenvalue weighted by Crippen LogP contribution is -2.11. The van der Waals surface area contributed by atoms with Gasteiger partial charge in [-0.15, -0.1) is 0 Å². The van der Waals surface area contributed by atoms with Gasteiger partial charge in [0, 0.05) is 7.11 Å². The average Bonchev–Trinajstić information content (AvgIpc) is 2.16. The van der Waals surface area contributed by atoms with Crippen LogP contribution in [-0.4, -0.2) is 14.2 Å². The lowest BCUT2D eigenvalue weighted by molar-refractivity contribution is 0.109. The molecule has 0 heterocycles. The molecular formula is C9H12BrNO2. The number of nitrogens with two attached hydrogens (primary N) is 1. The highest BCUT2D eigenvalue weighted by Crippen LogP contribution is 2.27. The van der Waals surface area contributed by atoms with Crippen molar-refractivity contribution < 1.29 is 9.47 Å². The molecule has 13 heavy (non-hydrogen) atoms. The van der Waals surface area contributed by atoms with E-state index >= 15 is 0 Å². The minimum Gasteiger partial charge on any atom is -0.496 e. The van der Waals surface area contributed by atoms with Gasteiger partial charge in [-0.25, -0.2) is 0 Å². The van der Waals surface area contributed by atoms with Crippen LogP contribution in [0.3, 0.4) is 0 Å².